The molecule has 0 aromatic rings. The summed E-state index contributed by atoms with van der Waals surface area (Å²) in [6, 6.07) is -0.459. The fraction of sp³-hybridized carbons (Fsp3) is 0.714. The van der Waals surface area contributed by atoms with Crippen LogP contribution >= 0.6 is 0 Å². The zero-order valence-electron chi connectivity index (χ0n) is 25.9. The van der Waals surface area contributed by atoms with Crippen LogP contribution in [0.2, 0.25) is 0 Å². The molecular formula is C35H49NO5. The van der Waals surface area contributed by atoms with Gasteiger partial charge < -0.3 is 14.9 Å². The highest BCUT2D eigenvalue weighted by Crippen LogP contribution is 2.75. The largest absolute Gasteiger partial charge is 0.504 e. The molecular weight excluding hydrogens is 514 g/mol. The number of ketones is 1. The maximum Gasteiger partial charge on any atom is 0.320 e. The molecule has 0 aromatic heterocycles. The predicted octanol–water partition coefficient (Wildman–Crippen LogP) is 6.79. The molecule has 6 aliphatic rings. The number of nitrogens with zero attached hydrogens (tertiary/aromatic N) is 1. The molecule has 0 bridgehead atoms. The number of aliphatic hydroxyl groups excluding tert-OH is 1. The second-order valence-corrected chi connectivity index (χ2v) is 15.6. The summed E-state index contributed by atoms with van der Waals surface area (Å²) >= 11 is 0. The minimum atomic E-state index is -0.699. The molecule has 1 saturated heterocycles. The van der Waals surface area contributed by atoms with Crippen LogP contribution in [0.5, 0.6) is 0 Å². The van der Waals surface area contributed by atoms with Crippen molar-refractivity contribution >= 4 is 11.8 Å². The van der Waals surface area contributed by atoms with Gasteiger partial charge in [0.25, 0.3) is 0 Å². The molecule has 6 rings (SSSR count). The van der Waals surface area contributed by atoms with Crippen LogP contribution in [0, 0.1) is 33.0 Å². The van der Waals surface area contributed by atoms with Gasteiger partial charge in [-0.1, -0.05) is 52.3 Å². The second kappa shape index (κ2) is 9.41. The number of morpholine rings is 1. The summed E-state index contributed by atoms with van der Waals surface area (Å²) in [7, 11) is 0. The summed E-state index contributed by atoms with van der Waals surface area (Å²) in [5.74, 6) is -0.604. The van der Waals surface area contributed by atoms with Gasteiger partial charge in [0.2, 0.25) is 5.78 Å². The van der Waals surface area contributed by atoms with Gasteiger partial charge in [-0.25, -0.2) is 0 Å². The molecule has 3 saturated carbocycles. The van der Waals surface area contributed by atoms with Gasteiger partial charge in [-0.2, -0.15) is 0 Å². The van der Waals surface area contributed by atoms with Crippen molar-refractivity contribution in [2.75, 3.05) is 26.3 Å². The van der Waals surface area contributed by atoms with Crippen molar-refractivity contribution in [3.05, 3.63) is 46.3 Å². The average molecular weight is 564 g/mol. The highest BCUT2D eigenvalue weighted by atomic mass is 16.5. The molecule has 1 heterocycles. The van der Waals surface area contributed by atoms with E-state index in [-0.39, 0.29) is 38.6 Å². The fourth-order valence-electron chi connectivity index (χ4n) is 10.4. The van der Waals surface area contributed by atoms with E-state index in [2.05, 4.69) is 51.7 Å². The summed E-state index contributed by atoms with van der Waals surface area (Å²) in [4.78, 5) is 27.4. The Labute approximate surface area is 245 Å². The highest BCUT2D eigenvalue weighted by molar-refractivity contribution is 6.06. The number of ether oxygens (including phenoxy) is 1. The Morgan fingerprint density at radius 3 is 2.39 bits per heavy atom. The SMILES string of the molecule is CC1=C(O)C(=O)C=C2C1=CC=C1[C@@]2(C)CC[C@@]2(C)[C@@H]3C[C@](C)(CC(C(=O)O)N4CCOCC4)CC[C@@]3(C)CC[C@]12C. The number of allylic oxidation sites excluding steroid dienone is 7. The molecule has 0 aromatic carbocycles. The molecule has 1 aliphatic heterocycles. The van der Waals surface area contributed by atoms with E-state index in [1.165, 1.54) is 12.0 Å². The zero-order chi connectivity index (χ0) is 29.6. The Balaban J connectivity index is 1.35. The van der Waals surface area contributed by atoms with Crippen molar-refractivity contribution < 1.29 is 24.5 Å². The van der Waals surface area contributed by atoms with Crippen LogP contribution in [0.25, 0.3) is 0 Å². The van der Waals surface area contributed by atoms with E-state index in [1.54, 1.807) is 6.08 Å². The summed E-state index contributed by atoms with van der Waals surface area (Å²) in [5, 5.41) is 20.7. The van der Waals surface area contributed by atoms with Gasteiger partial charge in [0.15, 0.2) is 5.76 Å². The third kappa shape index (κ3) is 4.10. The topological polar surface area (TPSA) is 87.1 Å². The van der Waals surface area contributed by atoms with Crippen LogP contribution in [0.4, 0.5) is 0 Å². The van der Waals surface area contributed by atoms with Gasteiger partial charge in [-0.15, -0.1) is 0 Å². The first kappa shape index (κ1) is 28.9. The number of hydrogen-bond acceptors (Lipinski definition) is 5. The lowest BCUT2D eigenvalue weighted by molar-refractivity contribution is -0.167. The van der Waals surface area contributed by atoms with Gasteiger partial charge in [-0.05, 0) is 103 Å². The summed E-state index contributed by atoms with van der Waals surface area (Å²) in [5.41, 5.74) is 4.26. The smallest absolute Gasteiger partial charge is 0.320 e. The number of aliphatic hydroxyl groups is 1. The number of carboxylic acid groups (broad SMARTS) is 1. The van der Waals surface area contributed by atoms with E-state index < -0.39 is 12.0 Å². The monoisotopic (exact) mass is 563 g/mol. The Bertz CT molecular complexity index is 1300. The number of carbonyl (C=O) groups excluding carboxylic acids is 1. The molecule has 6 nitrogen and oxygen atoms in total. The zero-order valence-corrected chi connectivity index (χ0v) is 25.9. The number of rotatable bonds is 4. The molecule has 6 heteroatoms. The van der Waals surface area contributed by atoms with Gasteiger partial charge in [0, 0.05) is 24.1 Å². The van der Waals surface area contributed by atoms with Crippen LogP contribution in [0.3, 0.4) is 0 Å². The highest BCUT2D eigenvalue weighted by Gasteiger charge is 2.66. The molecule has 0 amide bonds. The maximum atomic E-state index is 12.8. The minimum Gasteiger partial charge on any atom is -0.504 e. The van der Waals surface area contributed by atoms with E-state index in [0.717, 1.165) is 49.7 Å². The van der Waals surface area contributed by atoms with Gasteiger partial charge >= 0.3 is 5.97 Å². The maximum absolute atomic E-state index is 12.8. The number of fused-ring (bicyclic) bond motifs is 7. The van der Waals surface area contributed by atoms with Crippen LogP contribution in [-0.2, 0) is 14.3 Å². The quantitative estimate of drug-likeness (QED) is 0.392. The molecule has 5 aliphatic carbocycles. The van der Waals surface area contributed by atoms with Gasteiger partial charge in [-0.3, -0.25) is 14.5 Å². The van der Waals surface area contributed by atoms with Gasteiger partial charge in [0.05, 0.1) is 13.2 Å². The standard InChI is InChI=1S/C35H49NO5/c1-22-23-7-8-27-33(4,24(23)19-26(37)29(22)38)12-14-35(6)28-21-31(2,9-10-32(28,3)11-13-34(27,35)5)20-25(30(39)40)36-15-17-41-18-16-36/h7-8,19,25,28,38H,9-18,20-21H2,1-6H3,(H,39,40)/t25?,28-,31+,32+,33+,34-,35+/m1/s1. The Kier molecular flexibility index (Phi) is 6.64. The number of hydrogen-bond donors (Lipinski definition) is 2. The number of carboxylic acids is 1. The van der Waals surface area contributed by atoms with E-state index in [0.29, 0.717) is 44.2 Å². The first-order valence-electron chi connectivity index (χ1n) is 15.8. The van der Waals surface area contributed by atoms with Crippen molar-refractivity contribution in [1.29, 1.82) is 0 Å². The Morgan fingerprint density at radius 1 is 1.02 bits per heavy atom. The fourth-order valence-corrected chi connectivity index (χ4v) is 10.4. The van der Waals surface area contributed by atoms with E-state index >= 15 is 0 Å². The molecule has 0 spiro atoms. The number of aliphatic carboxylic acids is 1. The molecule has 7 atom stereocenters. The molecule has 224 valence electrons. The van der Waals surface area contributed by atoms with E-state index in [4.69, 9.17) is 4.74 Å². The number of carbonyl (C=O) groups is 2. The molecule has 41 heavy (non-hydrogen) atoms. The molecule has 2 N–H and O–H groups in total. The van der Waals surface area contributed by atoms with Crippen LogP contribution in [0.15, 0.2) is 46.3 Å². The van der Waals surface area contributed by atoms with Crippen LogP contribution < -0.4 is 0 Å². The third-order valence-electron chi connectivity index (χ3n) is 13.4. The molecule has 4 fully saturated rings. The predicted molar refractivity (Wildman–Crippen MR) is 159 cm³/mol. The van der Waals surface area contributed by atoms with E-state index in [1.807, 2.05) is 6.92 Å². The lowest BCUT2D eigenvalue weighted by Gasteiger charge is -2.70. The molecule has 1 unspecified atom stereocenters. The second-order valence-electron chi connectivity index (χ2n) is 15.6. The third-order valence-corrected chi connectivity index (χ3v) is 13.4. The minimum absolute atomic E-state index is 0.0259. The van der Waals surface area contributed by atoms with Crippen molar-refractivity contribution in [2.24, 2.45) is 33.0 Å². The van der Waals surface area contributed by atoms with Crippen LogP contribution in [0.1, 0.15) is 92.9 Å². The normalized spacial score (nSPS) is 43.5. The Hall–Kier alpha value is -2.18. The first-order valence-corrected chi connectivity index (χ1v) is 15.8. The first-order chi connectivity index (χ1) is 19.2. The summed E-state index contributed by atoms with van der Waals surface area (Å²) in [6.45, 7) is 16.7. The van der Waals surface area contributed by atoms with Gasteiger partial charge in [0.1, 0.15) is 6.04 Å². The Morgan fingerprint density at radius 2 is 1.71 bits per heavy atom. The van der Waals surface area contributed by atoms with Crippen molar-refractivity contribution in [1.82, 2.24) is 4.90 Å². The lowest BCUT2D eigenvalue weighted by atomic mass is 9.34. The van der Waals surface area contributed by atoms with Crippen molar-refractivity contribution in [2.45, 2.75) is 99.0 Å². The summed E-state index contributed by atoms with van der Waals surface area (Å²) in [6.07, 6.45) is 14.5. The molecule has 0 radical (unpaired) electrons. The van der Waals surface area contributed by atoms with Crippen molar-refractivity contribution in [3.8, 4) is 0 Å². The summed E-state index contributed by atoms with van der Waals surface area (Å²) < 4.78 is 5.53. The lowest BCUT2D eigenvalue weighted by Crippen LogP contribution is -2.62. The van der Waals surface area contributed by atoms with Crippen molar-refractivity contribution in [3.63, 3.8) is 0 Å². The van der Waals surface area contributed by atoms with E-state index in [9.17, 15) is 19.8 Å². The van der Waals surface area contributed by atoms with Crippen LogP contribution in [-0.4, -0.2) is 59.2 Å². The average Bonchev–Trinajstić information content (AvgIpc) is 2.94.